The molecule has 4 rings (SSSR count). The van der Waals surface area contributed by atoms with E-state index in [0.29, 0.717) is 48.5 Å². The quantitative estimate of drug-likeness (QED) is 0.610. The summed E-state index contributed by atoms with van der Waals surface area (Å²) in [5.74, 6) is -0.181. The summed E-state index contributed by atoms with van der Waals surface area (Å²) in [6.07, 6.45) is 2.04. The number of para-hydroxylation sites is 1. The van der Waals surface area contributed by atoms with E-state index in [9.17, 15) is 14.9 Å². The summed E-state index contributed by atoms with van der Waals surface area (Å²) in [6.45, 7) is 2.41. The van der Waals surface area contributed by atoms with Crippen molar-refractivity contribution < 1.29 is 9.72 Å². The Kier molecular flexibility index (Phi) is 5.09. The summed E-state index contributed by atoms with van der Waals surface area (Å²) >= 11 is 6.26. The summed E-state index contributed by atoms with van der Waals surface area (Å²) in [4.78, 5) is 27.7. The second kappa shape index (κ2) is 7.67. The summed E-state index contributed by atoms with van der Waals surface area (Å²) in [7, 11) is 0. The molecule has 8 heteroatoms. The van der Waals surface area contributed by atoms with Crippen LogP contribution in [0.1, 0.15) is 23.2 Å². The zero-order valence-corrected chi connectivity index (χ0v) is 16.1. The van der Waals surface area contributed by atoms with Crippen molar-refractivity contribution in [1.29, 1.82) is 0 Å². The van der Waals surface area contributed by atoms with Gasteiger partial charge in [-0.05, 0) is 37.1 Å². The van der Waals surface area contributed by atoms with Crippen LogP contribution in [0.5, 0.6) is 0 Å². The van der Waals surface area contributed by atoms with E-state index in [2.05, 4.69) is 10.2 Å². The fourth-order valence-electron chi connectivity index (χ4n) is 3.43. The highest BCUT2D eigenvalue weighted by Crippen LogP contribution is 2.32. The van der Waals surface area contributed by atoms with Gasteiger partial charge in [0.2, 0.25) is 0 Å². The maximum absolute atomic E-state index is 12.9. The molecule has 1 aliphatic carbocycles. The van der Waals surface area contributed by atoms with Gasteiger partial charge < -0.3 is 15.1 Å². The highest BCUT2D eigenvalue weighted by molar-refractivity contribution is 6.33. The first-order chi connectivity index (χ1) is 13.5. The molecule has 0 atom stereocenters. The lowest BCUT2D eigenvalue weighted by Gasteiger charge is -2.36. The average molecular weight is 401 g/mol. The summed E-state index contributed by atoms with van der Waals surface area (Å²) in [5, 5.41) is 15.3. The molecule has 0 bridgehead atoms. The zero-order valence-electron chi connectivity index (χ0n) is 15.3. The number of hydrogen-bond acceptors (Lipinski definition) is 5. The predicted molar refractivity (Wildman–Crippen MR) is 109 cm³/mol. The summed E-state index contributed by atoms with van der Waals surface area (Å²) < 4.78 is 0. The molecular weight excluding hydrogens is 380 g/mol. The van der Waals surface area contributed by atoms with Crippen molar-refractivity contribution in [2.24, 2.45) is 0 Å². The second-order valence-corrected chi connectivity index (χ2v) is 7.55. The van der Waals surface area contributed by atoms with E-state index >= 15 is 0 Å². The van der Waals surface area contributed by atoms with Crippen LogP contribution in [0.4, 0.5) is 17.1 Å². The van der Waals surface area contributed by atoms with Crippen molar-refractivity contribution in [2.45, 2.75) is 18.9 Å². The van der Waals surface area contributed by atoms with E-state index in [1.165, 1.54) is 6.07 Å². The Morgan fingerprint density at radius 3 is 2.46 bits per heavy atom. The van der Waals surface area contributed by atoms with Crippen molar-refractivity contribution >= 4 is 34.6 Å². The molecule has 1 heterocycles. The number of carbonyl (C=O) groups excluding carboxylic acids is 1. The fraction of sp³-hybridized carbons (Fsp3) is 0.350. The largest absolute Gasteiger partial charge is 0.377 e. The average Bonchev–Trinajstić information content (AvgIpc) is 3.52. The topological polar surface area (TPSA) is 78.7 Å². The van der Waals surface area contributed by atoms with Crippen molar-refractivity contribution in [1.82, 2.24) is 4.90 Å². The van der Waals surface area contributed by atoms with Gasteiger partial charge in [0.05, 0.1) is 15.6 Å². The van der Waals surface area contributed by atoms with Crippen LogP contribution in [0, 0.1) is 10.1 Å². The molecular formula is C20H21ClN4O3. The number of nitrogens with one attached hydrogen (secondary N) is 1. The minimum Gasteiger partial charge on any atom is -0.377 e. The van der Waals surface area contributed by atoms with Crippen LogP contribution in [0.3, 0.4) is 0 Å². The number of amides is 1. The Labute approximate surface area is 168 Å². The lowest BCUT2D eigenvalue weighted by molar-refractivity contribution is -0.384. The van der Waals surface area contributed by atoms with Crippen molar-refractivity contribution in [2.75, 3.05) is 36.4 Å². The standard InChI is InChI=1S/C20H21ClN4O3/c21-16-3-1-2-4-18(16)23-9-11-24(12-10-23)20(26)14-5-8-17(22-15-6-7-15)19(13-14)25(27)28/h1-5,8,13,15,22H,6-7,9-12H2. The van der Waals surface area contributed by atoms with Gasteiger partial charge in [-0.3, -0.25) is 14.9 Å². The molecule has 1 aliphatic heterocycles. The molecule has 2 aromatic carbocycles. The van der Waals surface area contributed by atoms with Crippen molar-refractivity contribution in [3.63, 3.8) is 0 Å². The molecule has 1 saturated heterocycles. The monoisotopic (exact) mass is 400 g/mol. The zero-order chi connectivity index (χ0) is 19.7. The molecule has 0 aromatic heterocycles. The number of hydrogen-bond donors (Lipinski definition) is 1. The van der Waals surface area contributed by atoms with Crippen LogP contribution >= 0.6 is 11.6 Å². The maximum atomic E-state index is 12.9. The molecule has 0 unspecified atom stereocenters. The lowest BCUT2D eigenvalue weighted by Crippen LogP contribution is -2.48. The van der Waals surface area contributed by atoms with Gasteiger partial charge in [0.15, 0.2) is 0 Å². The number of carbonyl (C=O) groups is 1. The van der Waals surface area contributed by atoms with Crippen LogP contribution in [-0.2, 0) is 0 Å². The number of nitro groups is 1. The Balaban J connectivity index is 1.45. The molecule has 28 heavy (non-hydrogen) atoms. The van der Waals surface area contributed by atoms with Gasteiger partial charge in [0.1, 0.15) is 5.69 Å². The van der Waals surface area contributed by atoms with Crippen molar-refractivity contribution in [3.8, 4) is 0 Å². The number of anilines is 2. The SMILES string of the molecule is O=C(c1ccc(NC2CC2)c([N+](=O)[O-])c1)N1CCN(c2ccccc2Cl)CC1. The predicted octanol–water partition coefficient (Wildman–Crippen LogP) is 3.78. The minimum atomic E-state index is -0.434. The number of piperazine rings is 1. The highest BCUT2D eigenvalue weighted by atomic mass is 35.5. The van der Waals surface area contributed by atoms with Gasteiger partial charge in [0.25, 0.3) is 11.6 Å². The first kappa shape index (κ1) is 18.6. The van der Waals surface area contributed by atoms with Crippen LogP contribution in [0.2, 0.25) is 5.02 Å². The molecule has 2 fully saturated rings. The highest BCUT2D eigenvalue weighted by Gasteiger charge is 2.28. The molecule has 1 saturated carbocycles. The molecule has 0 radical (unpaired) electrons. The molecule has 2 aromatic rings. The second-order valence-electron chi connectivity index (χ2n) is 7.14. The number of nitro benzene ring substituents is 1. The molecule has 7 nitrogen and oxygen atoms in total. The maximum Gasteiger partial charge on any atom is 0.293 e. The lowest BCUT2D eigenvalue weighted by atomic mass is 10.1. The number of rotatable bonds is 5. The normalized spacial score (nSPS) is 16.8. The number of halogens is 1. The van der Waals surface area contributed by atoms with E-state index in [1.54, 1.807) is 17.0 Å². The Morgan fingerprint density at radius 1 is 1.11 bits per heavy atom. The van der Waals surface area contributed by atoms with Gasteiger partial charge in [-0.25, -0.2) is 0 Å². The van der Waals surface area contributed by atoms with Gasteiger partial charge in [-0.1, -0.05) is 23.7 Å². The number of benzene rings is 2. The fourth-order valence-corrected chi connectivity index (χ4v) is 3.68. The smallest absolute Gasteiger partial charge is 0.293 e. The van der Waals surface area contributed by atoms with Crippen molar-refractivity contribution in [3.05, 3.63) is 63.2 Å². The number of nitrogens with zero attached hydrogens (tertiary/aromatic N) is 3. The first-order valence-electron chi connectivity index (χ1n) is 9.36. The van der Waals surface area contributed by atoms with Gasteiger partial charge >= 0.3 is 0 Å². The van der Waals surface area contributed by atoms with Gasteiger partial charge in [0, 0.05) is 43.9 Å². The molecule has 146 valence electrons. The molecule has 1 N–H and O–H groups in total. The van der Waals surface area contributed by atoms with E-state index in [0.717, 1.165) is 18.5 Å². The third kappa shape index (κ3) is 3.89. The van der Waals surface area contributed by atoms with E-state index in [-0.39, 0.29) is 11.6 Å². The van der Waals surface area contributed by atoms with Crippen LogP contribution < -0.4 is 10.2 Å². The summed E-state index contributed by atoms with van der Waals surface area (Å²) in [6, 6.07) is 12.6. The molecule has 0 spiro atoms. The summed E-state index contributed by atoms with van der Waals surface area (Å²) in [5.41, 5.74) is 1.74. The van der Waals surface area contributed by atoms with Crippen LogP contribution in [0.25, 0.3) is 0 Å². The van der Waals surface area contributed by atoms with Gasteiger partial charge in [-0.15, -0.1) is 0 Å². The Hall–Kier alpha value is -2.80. The van der Waals surface area contributed by atoms with Gasteiger partial charge in [-0.2, -0.15) is 0 Å². The molecule has 1 amide bonds. The minimum absolute atomic E-state index is 0.0487. The third-order valence-corrected chi connectivity index (χ3v) is 5.46. The van der Waals surface area contributed by atoms with E-state index in [4.69, 9.17) is 11.6 Å². The van der Waals surface area contributed by atoms with Crippen LogP contribution in [0.15, 0.2) is 42.5 Å². The third-order valence-electron chi connectivity index (χ3n) is 5.14. The van der Waals surface area contributed by atoms with E-state index < -0.39 is 4.92 Å². The Morgan fingerprint density at radius 2 is 1.82 bits per heavy atom. The van der Waals surface area contributed by atoms with Crippen LogP contribution in [-0.4, -0.2) is 48.0 Å². The first-order valence-corrected chi connectivity index (χ1v) is 9.74. The Bertz CT molecular complexity index is 908. The molecule has 2 aliphatic rings. The van der Waals surface area contributed by atoms with E-state index in [1.807, 2.05) is 24.3 Å².